The third kappa shape index (κ3) is 2.31. The largest absolute Gasteiger partial charge is 0.481 e. The summed E-state index contributed by atoms with van der Waals surface area (Å²) in [4.78, 5) is 27.2. The molecule has 0 aromatic rings. The molecule has 2 amide bonds. The van der Waals surface area contributed by atoms with Crippen molar-refractivity contribution in [2.24, 2.45) is 5.41 Å². The van der Waals surface area contributed by atoms with Gasteiger partial charge in [-0.25, -0.2) is 4.79 Å². The summed E-state index contributed by atoms with van der Waals surface area (Å²) in [6, 6.07) is 0.301. The SMILES string of the molecule is CC1CCCCN1C(=O)N1CCC(C)(C(=O)O)C1. The molecule has 2 saturated heterocycles. The molecule has 2 fully saturated rings. The van der Waals surface area contributed by atoms with E-state index in [1.807, 2.05) is 4.90 Å². The van der Waals surface area contributed by atoms with Gasteiger partial charge in [0.15, 0.2) is 0 Å². The molecule has 2 unspecified atom stereocenters. The Bertz CT molecular complexity index is 358. The molecular weight excluding hydrogens is 232 g/mol. The Kier molecular flexibility index (Phi) is 3.50. The third-order valence-electron chi connectivity index (χ3n) is 4.31. The number of hydrogen-bond acceptors (Lipinski definition) is 2. The molecule has 0 radical (unpaired) electrons. The third-order valence-corrected chi connectivity index (χ3v) is 4.31. The van der Waals surface area contributed by atoms with Crippen LogP contribution < -0.4 is 0 Å². The topological polar surface area (TPSA) is 60.9 Å². The van der Waals surface area contributed by atoms with Crippen molar-refractivity contribution in [3.8, 4) is 0 Å². The van der Waals surface area contributed by atoms with Crippen molar-refractivity contribution < 1.29 is 14.7 Å². The molecule has 2 aliphatic heterocycles. The Morgan fingerprint density at radius 1 is 1.28 bits per heavy atom. The van der Waals surface area contributed by atoms with E-state index in [2.05, 4.69) is 6.92 Å². The summed E-state index contributed by atoms with van der Waals surface area (Å²) in [6.45, 7) is 5.50. The van der Waals surface area contributed by atoms with Gasteiger partial charge < -0.3 is 14.9 Å². The molecule has 102 valence electrons. The first kappa shape index (κ1) is 13.2. The van der Waals surface area contributed by atoms with Gasteiger partial charge in [0.1, 0.15) is 0 Å². The van der Waals surface area contributed by atoms with Gasteiger partial charge in [-0.1, -0.05) is 0 Å². The number of carboxylic acid groups (broad SMARTS) is 1. The average molecular weight is 254 g/mol. The summed E-state index contributed by atoms with van der Waals surface area (Å²) in [6.07, 6.45) is 3.84. The fourth-order valence-electron chi connectivity index (χ4n) is 2.86. The normalized spacial score (nSPS) is 32.7. The van der Waals surface area contributed by atoms with Crippen LogP contribution in [-0.4, -0.2) is 52.6 Å². The van der Waals surface area contributed by atoms with Crippen molar-refractivity contribution >= 4 is 12.0 Å². The first-order valence-electron chi connectivity index (χ1n) is 6.73. The Hall–Kier alpha value is -1.26. The van der Waals surface area contributed by atoms with Crippen molar-refractivity contribution in [2.75, 3.05) is 19.6 Å². The van der Waals surface area contributed by atoms with Crippen molar-refractivity contribution in [1.82, 2.24) is 9.80 Å². The van der Waals surface area contributed by atoms with Gasteiger partial charge in [-0.2, -0.15) is 0 Å². The number of carbonyl (C=O) groups is 2. The summed E-state index contributed by atoms with van der Waals surface area (Å²) in [5, 5.41) is 9.18. The van der Waals surface area contributed by atoms with Crippen LogP contribution in [-0.2, 0) is 4.79 Å². The number of rotatable bonds is 1. The second-order valence-corrected chi connectivity index (χ2v) is 5.86. The van der Waals surface area contributed by atoms with E-state index in [1.165, 1.54) is 6.42 Å². The molecule has 2 rings (SSSR count). The smallest absolute Gasteiger partial charge is 0.320 e. The fourth-order valence-corrected chi connectivity index (χ4v) is 2.86. The van der Waals surface area contributed by atoms with Gasteiger partial charge in [0.2, 0.25) is 0 Å². The minimum absolute atomic E-state index is 0.0205. The summed E-state index contributed by atoms with van der Waals surface area (Å²) >= 11 is 0. The van der Waals surface area contributed by atoms with Crippen LogP contribution in [0.25, 0.3) is 0 Å². The van der Waals surface area contributed by atoms with Crippen LogP contribution in [0.3, 0.4) is 0 Å². The summed E-state index contributed by atoms with van der Waals surface area (Å²) in [7, 11) is 0. The quantitative estimate of drug-likeness (QED) is 0.776. The molecule has 0 aliphatic carbocycles. The number of hydrogen-bond donors (Lipinski definition) is 1. The number of urea groups is 1. The highest BCUT2D eigenvalue weighted by Crippen LogP contribution is 2.31. The zero-order valence-electron chi connectivity index (χ0n) is 11.2. The number of likely N-dealkylation sites (tertiary alicyclic amines) is 2. The Balaban J connectivity index is 2.01. The van der Waals surface area contributed by atoms with Crippen LogP contribution in [0.5, 0.6) is 0 Å². The molecule has 2 heterocycles. The van der Waals surface area contributed by atoms with Gasteiger partial charge >= 0.3 is 12.0 Å². The van der Waals surface area contributed by atoms with Gasteiger partial charge in [-0.05, 0) is 39.5 Å². The minimum atomic E-state index is -0.801. The standard InChI is InChI=1S/C13H22N2O3/c1-10-5-3-4-7-15(10)12(18)14-8-6-13(2,9-14)11(16)17/h10H,3-9H2,1-2H3,(H,16,17). The number of piperidine rings is 1. The van der Waals surface area contributed by atoms with Crippen LogP contribution in [0.2, 0.25) is 0 Å². The lowest BCUT2D eigenvalue weighted by molar-refractivity contribution is -0.147. The number of carboxylic acids is 1. The predicted molar refractivity (Wildman–Crippen MR) is 67.3 cm³/mol. The van der Waals surface area contributed by atoms with Gasteiger partial charge in [-0.15, -0.1) is 0 Å². The maximum absolute atomic E-state index is 12.4. The highest BCUT2D eigenvalue weighted by Gasteiger charge is 2.43. The monoisotopic (exact) mass is 254 g/mol. The van der Waals surface area contributed by atoms with Gasteiger partial charge in [0.05, 0.1) is 5.41 Å². The first-order chi connectivity index (χ1) is 8.44. The molecule has 0 spiro atoms. The van der Waals surface area contributed by atoms with Gasteiger partial charge in [0.25, 0.3) is 0 Å². The van der Waals surface area contributed by atoms with Gasteiger partial charge in [-0.3, -0.25) is 4.79 Å². The molecule has 2 aliphatic rings. The van der Waals surface area contributed by atoms with E-state index in [1.54, 1.807) is 11.8 Å². The molecule has 0 saturated carbocycles. The van der Waals surface area contributed by atoms with E-state index in [0.29, 0.717) is 19.5 Å². The molecular formula is C13H22N2O3. The average Bonchev–Trinajstić information content (AvgIpc) is 2.73. The molecule has 2 atom stereocenters. The Morgan fingerprint density at radius 3 is 2.56 bits per heavy atom. The van der Waals surface area contributed by atoms with Crippen molar-refractivity contribution in [3.63, 3.8) is 0 Å². The number of amides is 2. The lowest BCUT2D eigenvalue weighted by Crippen LogP contribution is -2.49. The number of nitrogens with zero attached hydrogens (tertiary/aromatic N) is 2. The lowest BCUT2D eigenvalue weighted by Gasteiger charge is -2.36. The number of carbonyl (C=O) groups excluding carboxylic acids is 1. The second kappa shape index (κ2) is 4.78. The molecule has 5 heteroatoms. The van der Waals surface area contributed by atoms with E-state index < -0.39 is 11.4 Å². The van der Waals surface area contributed by atoms with Crippen LogP contribution in [0, 0.1) is 5.41 Å². The van der Waals surface area contributed by atoms with Crippen LogP contribution in [0.4, 0.5) is 4.79 Å². The minimum Gasteiger partial charge on any atom is -0.481 e. The van der Waals surface area contributed by atoms with Crippen molar-refractivity contribution in [1.29, 1.82) is 0 Å². The zero-order valence-corrected chi connectivity index (χ0v) is 11.2. The van der Waals surface area contributed by atoms with E-state index >= 15 is 0 Å². The zero-order chi connectivity index (χ0) is 13.3. The van der Waals surface area contributed by atoms with E-state index in [0.717, 1.165) is 19.4 Å². The van der Waals surface area contributed by atoms with Crippen molar-refractivity contribution in [2.45, 2.75) is 45.6 Å². The molecule has 18 heavy (non-hydrogen) atoms. The fraction of sp³-hybridized carbons (Fsp3) is 0.846. The van der Waals surface area contributed by atoms with Gasteiger partial charge in [0, 0.05) is 25.7 Å². The van der Waals surface area contributed by atoms with E-state index in [9.17, 15) is 14.7 Å². The second-order valence-electron chi connectivity index (χ2n) is 5.86. The highest BCUT2D eigenvalue weighted by atomic mass is 16.4. The van der Waals surface area contributed by atoms with Crippen LogP contribution >= 0.6 is 0 Å². The summed E-state index contributed by atoms with van der Waals surface area (Å²) < 4.78 is 0. The predicted octanol–water partition coefficient (Wildman–Crippen LogP) is 1.78. The lowest BCUT2D eigenvalue weighted by atomic mass is 9.90. The van der Waals surface area contributed by atoms with Crippen LogP contribution in [0.15, 0.2) is 0 Å². The van der Waals surface area contributed by atoms with E-state index in [4.69, 9.17) is 0 Å². The molecule has 0 aromatic carbocycles. The maximum atomic E-state index is 12.4. The summed E-state index contributed by atoms with van der Waals surface area (Å²) in [5.41, 5.74) is -0.769. The highest BCUT2D eigenvalue weighted by molar-refractivity contribution is 5.79. The van der Waals surface area contributed by atoms with E-state index in [-0.39, 0.29) is 12.1 Å². The molecule has 5 nitrogen and oxygen atoms in total. The molecule has 0 bridgehead atoms. The molecule has 1 N–H and O–H groups in total. The van der Waals surface area contributed by atoms with Crippen molar-refractivity contribution in [3.05, 3.63) is 0 Å². The Labute approximate surface area is 108 Å². The first-order valence-corrected chi connectivity index (χ1v) is 6.73. The Morgan fingerprint density at radius 2 is 2.00 bits per heavy atom. The molecule has 0 aromatic heterocycles. The maximum Gasteiger partial charge on any atom is 0.320 e. The summed E-state index contributed by atoms with van der Waals surface area (Å²) in [5.74, 6) is -0.801. The number of aliphatic carboxylic acids is 1. The van der Waals surface area contributed by atoms with Crippen LogP contribution in [0.1, 0.15) is 39.5 Å².